The number of hydrogen-bond acceptors (Lipinski definition) is 3. The third kappa shape index (κ3) is 4.72. The van der Waals surface area contributed by atoms with Gasteiger partial charge in [0.15, 0.2) is 5.11 Å². The van der Waals surface area contributed by atoms with Gasteiger partial charge < -0.3 is 10.1 Å². The van der Waals surface area contributed by atoms with Crippen molar-refractivity contribution in [1.29, 1.82) is 0 Å². The van der Waals surface area contributed by atoms with E-state index in [1.165, 1.54) is 5.57 Å². The van der Waals surface area contributed by atoms with Crippen LogP contribution in [0.25, 0.3) is 0 Å². The summed E-state index contributed by atoms with van der Waals surface area (Å²) in [7, 11) is 1.67. The van der Waals surface area contributed by atoms with Crippen LogP contribution < -0.4 is 10.7 Å². The number of nitrogens with zero attached hydrogens (tertiary/aromatic N) is 1. The van der Waals surface area contributed by atoms with Gasteiger partial charge in [-0.3, -0.25) is 5.43 Å². The molecule has 0 aromatic heterocycles. The predicted octanol–water partition coefficient (Wildman–Crippen LogP) is 1.58. The zero-order valence-electron chi connectivity index (χ0n) is 10.0. The molecule has 0 fully saturated rings. The molecule has 1 rings (SSSR count). The molecule has 0 aromatic rings. The van der Waals surface area contributed by atoms with Crippen molar-refractivity contribution >= 4 is 23.0 Å². The van der Waals surface area contributed by atoms with Crippen LogP contribution >= 0.6 is 12.2 Å². The fourth-order valence-corrected chi connectivity index (χ4v) is 1.76. The van der Waals surface area contributed by atoms with Crippen molar-refractivity contribution in [3.63, 3.8) is 0 Å². The summed E-state index contributed by atoms with van der Waals surface area (Å²) in [6.07, 6.45) is 4.18. The molecular weight excluding hydrogens is 222 g/mol. The molecule has 0 bridgehead atoms. The first kappa shape index (κ1) is 13.1. The highest BCUT2D eigenvalue weighted by atomic mass is 32.1. The second-order valence-corrected chi connectivity index (χ2v) is 4.44. The van der Waals surface area contributed by atoms with Crippen LogP contribution in [0.4, 0.5) is 0 Å². The Balaban J connectivity index is 2.30. The zero-order valence-corrected chi connectivity index (χ0v) is 10.9. The van der Waals surface area contributed by atoms with Crippen LogP contribution in [0.2, 0.25) is 0 Å². The average Bonchev–Trinajstić information content (AvgIpc) is 2.61. The van der Waals surface area contributed by atoms with E-state index < -0.39 is 0 Å². The number of hydrazone groups is 1. The quantitative estimate of drug-likeness (QED) is 0.579. The molecule has 5 heteroatoms. The highest BCUT2D eigenvalue weighted by Gasteiger charge is 2.07. The summed E-state index contributed by atoms with van der Waals surface area (Å²) in [5.41, 5.74) is 5.27. The molecule has 1 aliphatic rings. The van der Waals surface area contributed by atoms with Crippen molar-refractivity contribution in [2.75, 3.05) is 13.7 Å². The van der Waals surface area contributed by atoms with E-state index in [2.05, 4.69) is 28.8 Å². The molecule has 16 heavy (non-hydrogen) atoms. The van der Waals surface area contributed by atoms with Crippen molar-refractivity contribution in [1.82, 2.24) is 10.7 Å². The van der Waals surface area contributed by atoms with Crippen molar-refractivity contribution in [2.24, 2.45) is 5.10 Å². The summed E-state index contributed by atoms with van der Waals surface area (Å²) in [6.45, 7) is 4.74. The standard InChI is InChI=1S/C11H19N3OS/c1-8-4-5-10(6-8)13-14-11(16)12-9(2)7-15-3/h6,9H,4-5,7H2,1-3H3,(H2,12,14,16)/b13-10-/t9-/m1/s1. The first-order valence-corrected chi connectivity index (χ1v) is 5.82. The summed E-state index contributed by atoms with van der Waals surface area (Å²) < 4.78 is 5.00. The number of ether oxygens (including phenoxy) is 1. The highest BCUT2D eigenvalue weighted by Crippen LogP contribution is 2.14. The van der Waals surface area contributed by atoms with Gasteiger partial charge in [-0.15, -0.1) is 0 Å². The number of allylic oxidation sites excluding steroid dienone is 2. The molecule has 90 valence electrons. The van der Waals surface area contributed by atoms with E-state index in [-0.39, 0.29) is 6.04 Å². The third-order valence-corrected chi connectivity index (χ3v) is 2.49. The Bertz CT molecular complexity index is 312. The van der Waals surface area contributed by atoms with Crippen LogP contribution in [0.1, 0.15) is 26.7 Å². The predicted molar refractivity (Wildman–Crippen MR) is 70.6 cm³/mol. The lowest BCUT2D eigenvalue weighted by molar-refractivity contribution is 0.179. The van der Waals surface area contributed by atoms with E-state index in [0.29, 0.717) is 11.7 Å². The Morgan fingerprint density at radius 3 is 2.94 bits per heavy atom. The van der Waals surface area contributed by atoms with Gasteiger partial charge in [-0.05, 0) is 45.0 Å². The molecule has 0 amide bonds. The summed E-state index contributed by atoms with van der Waals surface area (Å²) in [5.74, 6) is 0. The van der Waals surface area contributed by atoms with Gasteiger partial charge in [0, 0.05) is 13.2 Å². The molecule has 0 saturated heterocycles. The molecule has 4 nitrogen and oxygen atoms in total. The lowest BCUT2D eigenvalue weighted by Gasteiger charge is -2.14. The molecule has 0 aromatic carbocycles. The lowest BCUT2D eigenvalue weighted by atomic mass is 10.3. The van der Waals surface area contributed by atoms with Crippen molar-refractivity contribution in [2.45, 2.75) is 32.7 Å². The van der Waals surface area contributed by atoms with E-state index in [0.717, 1.165) is 18.6 Å². The molecule has 0 radical (unpaired) electrons. The fourth-order valence-electron chi connectivity index (χ4n) is 1.51. The van der Waals surface area contributed by atoms with Crippen molar-refractivity contribution in [3.8, 4) is 0 Å². The number of thiocarbonyl (C=S) groups is 1. The van der Waals surface area contributed by atoms with Gasteiger partial charge in [0.1, 0.15) is 0 Å². The minimum absolute atomic E-state index is 0.186. The third-order valence-electron chi connectivity index (χ3n) is 2.28. The van der Waals surface area contributed by atoms with E-state index in [1.807, 2.05) is 6.92 Å². The lowest BCUT2D eigenvalue weighted by Crippen LogP contribution is -2.40. The highest BCUT2D eigenvalue weighted by molar-refractivity contribution is 7.80. The van der Waals surface area contributed by atoms with Crippen molar-refractivity contribution in [3.05, 3.63) is 11.6 Å². The Kier molecular flexibility index (Phi) is 5.42. The summed E-state index contributed by atoms with van der Waals surface area (Å²) in [4.78, 5) is 0. The van der Waals surface area contributed by atoms with Gasteiger partial charge in [0.2, 0.25) is 0 Å². The van der Waals surface area contributed by atoms with Gasteiger partial charge in [0.05, 0.1) is 12.3 Å². The fraction of sp³-hybridized carbons (Fsp3) is 0.636. The minimum atomic E-state index is 0.186. The second-order valence-electron chi connectivity index (χ2n) is 4.04. The first-order valence-electron chi connectivity index (χ1n) is 5.41. The smallest absolute Gasteiger partial charge is 0.187 e. The molecule has 0 unspecified atom stereocenters. The molecule has 1 atom stereocenters. The molecular formula is C11H19N3OS. The largest absolute Gasteiger partial charge is 0.383 e. The molecule has 0 heterocycles. The van der Waals surface area contributed by atoms with Crippen LogP contribution in [0.15, 0.2) is 16.8 Å². The Morgan fingerprint density at radius 2 is 2.38 bits per heavy atom. The van der Waals surface area contributed by atoms with Gasteiger partial charge in [-0.2, -0.15) is 5.10 Å². The van der Waals surface area contributed by atoms with Gasteiger partial charge in [0.25, 0.3) is 0 Å². The Labute approximate surface area is 102 Å². The van der Waals surface area contributed by atoms with Crippen molar-refractivity contribution < 1.29 is 4.74 Å². The van der Waals surface area contributed by atoms with Gasteiger partial charge >= 0.3 is 0 Å². The van der Waals surface area contributed by atoms with Crippen LogP contribution in [0.3, 0.4) is 0 Å². The molecule has 2 N–H and O–H groups in total. The maximum absolute atomic E-state index is 5.10. The maximum Gasteiger partial charge on any atom is 0.187 e. The molecule has 1 aliphatic carbocycles. The number of rotatable bonds is 4. The monoisotopic (exact) mass is 241 g/mol. The van der Waals surface area contributed by atoms with Crippen LogP contribution in [-0.4, -0.2) is 30.6 Å². The summed E-state index contributed by atoms with van der Waals surface area (Å²) in [6, 6.07) is 0.186. The van der Waals surface area contributed by atoms with Gasteiger partial charge in [-0.1, -0.05) is 5.57 Å². The topological polar surface area (TPSA) is 45.6 Å². The molecule has 0 spiro atoms. The van der Waals surface area contributed by atoms with Crippen LogP contribution in [0, 0.1) is 0 Å². The second kappa shape index (κ2) is 6.60. The number of hydrogen-bond donors (Lipinski definition) is 2. The SMILES string of the molecule is COC[C@@H](C)NC(=S)N/N=C1\C=C(C)CC1. The molecule has 0 aliphatic heterocycles. The number of nitrogens with one attached hydrogen (secondary N) is 2. The van der Waals surface area contributed by atoms with E-state index in [4.69, 9.17) is 17.0 Å². The maximum atomic E-state index is 5.10. The normalized spacial score (nSPS) is 19.4. The number of methoxy groups -OCH3 is 1. The van der Waals surface area contributed by atoms with E-state index >= 15 is 0 Å². The Morgan fingerprint density at radius 1 is 1.62 bits per heavy atom. The average molecular weight is 241 g/mol. The van der Waals surface area contributed by atoms with Crippen LogP contribution in [0.5, 0.6) is 0 Å². The molecule has 0 saturated carbocycles. The van der Waals surface area contributed by atoms with E-state index in [1.54, 1.807) is 7.11 Å². The minimum Gasteiger partial charge on any atom is -0.383 e. The Hall–Kier alpha value is -0.940. The van der Waals surface area contributed by atoms with E-state index in [9.17, 15) is 0 Å². The van der Waals surface area contributed by atoms with Gasteiger partial charge in [-0.25, -0.2) is 0 Å². The summed E-state index contributed by atoms with van der Waals surface area (Å²) >= 11 is 5.10. The first-order chi connectivity index (χ1) is 7.61. The zero-order chi connectivity index (χ0) is 12.0. The summed E-state index contributed by atoms with van der Waals surface area (Å²) in [5, 5.41) is 7.85. The van der Waals surface area contributed by atoms with Crippen LogP contribution in [-0.2, 0) is 4.74 Å².